The molecule has 2 aromatic carbocycles. The molecule has 4 rings (SSSR count). The Kier molecular flexibility index (Phi) is 5.76. The fourth-order valence-electron chi connectivity index (χ4n) is 3.39. The van der Waals surface area contributed by atoms with Gasteiger partial charge in [-0.2, -0.15) is 0 Å². The Balaban J connectivity index is 1.95. The van der Waals surface area contributed by atoms with Crippen LogP contribution in [0.5, 0.6) is 17.2 Å². The van der Waals surface area contributed by atoms with Crippen LogP contribution in [0.15, 0.2) is 71.8 Å². The number of carbonyl (C=O) groups is 1. The summed E-state index contributed by atoms with van der Waals surface area (Å²) < 4.78 is 17.8. The van der Waals surface area contributed by atoms with Crippen molar-refractivity contribution < 1.29 is 19.0 Å². The Morgan fingerprint density at radius 1 is 0.938 bits per heavy atom. The predicted molar refractivity (Wildman–Crippen MR) is 121 cm³/mol. The van der Waals surface area contributed by atoms with Crippen LogP contribution in [-0.2, 0) is 0 Å². The summed E-state index contributed by atoms with van der Waals surface area (Å²) in [4.78, 5) is 30.4. The van der Waals surface area contributed by atoms with Crippen molar-refractivity contribution in [1.82, 2.24) is 9.55 Å². The molecule has 0 bridgehead atoms. The minimum Gasteiger partial charge on any atom is -0.497 e. The van der Waals surface area contributed by atoms with Crippen LogP contribution >= 0.6 is 0 Å². The van der Waals surface area contributed by atoms with Gasteiger partial charge in [0.15, 0.2) is 11.5 Å². The topological polar surface area (TPSA) is 91.7 Å². The maximum Gasteiger partial charge on any atom is 0.262 e. The van der Waals surface area contributed by atoms with Gasteiger partial charge in [-0.1, -0.05) is 6.07 Å². The number of ether oxygens (including phenoxy) is 3. The average molecular weight is 431 g/mol. The molecular weight excluding hydrogens is 410 g/mol. The molecule has 0 unspecified atom stereocenters. The lowest BCUT2D eigenvalue weighted by Gasteiger charge is -2.16. The number of anilines is 1. The number of hydrogen-bond acceptors (Lipinski definition) is 6. The summed E-state index contributed by atoms with van der Waals surface area (Å²) in [5, 5.41) is 2.98. The number of nitrogens with zero attached hydrogens (tertiary/aromatic N) is 2. The standard InChI is InChI=1S/C24H21N3O5/c1-30-16-9-7-15(8-10-16)27-14-18(24(29)26-22-6-4-5-11-25-22)23(28)17-12-20(31-2)21(32-3)13-19(17)27/h4-14H,1-3H3,(H,25,26,29). The molecule has 1 amide bonds. The first-order valence-corrected chi connectivity index (χ1v) is 9.74. The number of methoxy groups -OCH3 is 3. The second-order valence-electron chi connectivity index (χ2n) is 6.83. The van der Waals surface area contributed by atoms with E-state index >= 15 is 0 Å². The predicted octanol–water partition coefficient (Wildman–Crippen LogP) is 3.66. The number of amides is 1. The smallest absolute Gasteiger partial charge is 0.262 e. The number of benzene rings is 2. The molecule has 2 heterocycles. The summed E-state index contributed by atoms with van der Waals surface area (Å²) in [7, 11) is 4.60. The van der Waals surface area contributed by atoms with Crippen molar-refractivity contribution in [2.45, 2.75) is 0 Å². The number of aromatic nitrogens is 2. The summed E-state index contributed by atoms with van der Waals surface area (Å²) in [5.74, 6) is 1.33. The zero-order valence-electron chi connectivity index (χ0n) is 17.8. The molecule has 8 heteroatoms. The first-order chi connectivity index (χ1) is 15.5. The molecule has 0 radical (unpaired) electrons. The minimum absolute atomic E-state index is 0.0359. The highest BCUT2D eigenvalue weighted by molar-refractivity contribution is 6.05. The molecule has 0 saturated heterocycles. The van der Waals surface area contributed by atoms with Gasteiger partial charge in [-0.3, -0.25) is 9.59 Å². The first kappa shape index (κ1) is 20.9. The maximum atomic E-state index is 13.3. The van der Waals surface area contributed by atoms with Gasteiger partial charge in [-0.15, -0.1) is 0 Å². The van der Waals surface area contributed by atoms with Crippen molar-refractivity contribution in [2.24, 2.45) is 0 Å². The van der Waals surface area contributed by atoms with Gasteiger partial charge in [0, 0.05) is 24.1 Å². The quantitative estimate of drug-likeness (QED) is 0.501. The van der Waals surface area contributed by atoms with E-state index in [1.807, 2.05) is 12.1 Å². The van der Waals surface area contributed by atoms with Gasteiger partial charge in [-0.25, -0.2) is 4.98 Å². The van der Waals surface area contributed by atoms with Crippen LogP contribution in [0.2, 0.25) is 0 Å². The van der Waals surface area contributed by atoms with Gasteiger partial charge in [0.25, 0.3) is 5.91 Å². The van der Waals surface area contributed by atoms with Crippen LogP contribution in [0.3, 0.4) is 0 Å². The molecule has 0 aliphatic carbocycles. The fraction of sp³-hybridized carbons (Fsp3) is 0.125. The van der Waals surface area contributed by atoms with Crippen molar-refractivity contribution in [3.8, 4) is 22.9 Å². The lowest BCUT2D eigenvalue weighted by atomic mass is 10.1. The minimum atomic E-state index is -0.562. The van der Waals surface area contributed by atoms with Gasteiger partial charge < -0.3 is 24.1 Å². The molecule has 4 aromatic rings. The average Bonchev–Trinajstić information content (AvgIpc) is 2.84. The van der Waals surface area contributed by atoms with Crippen molar-refractivity contribution in [3.63, 3.8) is 0 Å². The Morgan fingerprint density at radius 3 is 2.28 bits per heavy atom. The first-order valence-electron chi connectivity index (χ1n) is 9.74. The lowest BCUT2D eigenvalue weighted by Crippen LogP contribution is -2.24. The molecule has 162 valence electrons. The van der Waals surface area contributed by atoms with Crippen LogP contribution < -0.4 is 25.0 Å². The normalized spacial score (nSPS) is 10.6. The van der Waals surface area contributed by atoms with E-state index in [1.54, 1.807) is 60.3 Å². The SMILES string of the molecule is COc1ccc(-n2cc(C(=O)Nc3ccccn3)c(=O)c3cc(OC)c(OC)cc32)cc1. The fourth-order valence-corrected chi connectivity index (χ4v) is 3.39. The summed E-state index contributed by atoms with van der Waals surface area (Å²) in [6.07, 6.45) is 3.07. The van der Waals surface area contributed by atoms with Crippen molar-refractivity contribution in [1.29, 1.82) is 0 Å². The summed E-state index contributed by atoms with van der Waals surface area (Å²) in [6.45, 7) is 0. The van der Waals surface area contributed by atoms with E-state index in [2.05, 4.69) is 10.3 Å². The zero-order valence-corrected chi connectivity index (χ0v) is 17.8. The summed E-state index contributed by atoms with van der Waals surface area (Å²) >= 11 is 0. The molecule has 1 N–H and O–H groups in total. The van der Waals surface area contributed by atoms with Crippen LogP contribution in [0.25, 0.3) is 16.6 Å². The number of carbonyl (C=O) groups excluding carboxylic acids is 1. The van der Waals surface area contributed by atoms with Crippen LogP contribution in [0.4, 0.5) is 5.82 Å². The highest BCUT2D eigenvalue weighted by Gasteiger charge is 2.19. The van der Waals surface area contributed by atoms with E-state index in [-0.39, 0.29) is 5.56 Å². The molecule has 0 spiro atoms. The molecule has 32 heavy (non-hydrogen) atoms. The van der Waals surface area contributed by atoms with Crippen molar-refractivity contribution >= 4 is 22.6 Å². The molecule has 0 atom stereocenters. The number of hydrogen-bond donors (Lipinski definition) is 1. The van der Waals surface area contributed by atoms with Gasteiger partial charge in [0.2, 0.25) is 5.43 Å². The summed E-state index contributed by atoms with van der Waals surface area (Å²) in [6, 6.07) is 15.7. The lowest BCUT2D eigenvalue weighted by molar-refractivity contribution is 0.102. The number of pyridine rings is 2. The number of rotatable bonds is 6. The van der Waals surface area contributed by atoms with E-state index in [0.29, 0.717) is 34.0 Å². The van der Waals surface area contributed by atoms with E-state index in [0.717, 1.165) is 5.69 Å². The van der Waals surface area contributed by atoms with Gasteiger partial charge in [0.05, 0.1) is 32.2 Å². The molecule has 2 aromatic heterocycles. The maximum absolute atomic E-state index is 13.3. The second kappa shape index (κ2) is 8.81. The van der Waals surface area contributed by atoms with Crippen molar-refractivity contribution in [2.75, 3.05) is 26.6 Å². The molecule has 0 aliphatic heterocycles. The summed E-state index contributed by atoms with van der Waals surface area (Å²) in [5.41, 5.74) is 0.826. The van der Waals surface area contributed by atoms with E-state index in [9.17, 15) is 9.59 Å². The zero-order chi connectivity index (χ0) is 22.7. The number of nitrogens with one attached hydrogen (secondary N) is 1. The highest BCUT2D eigenvalue weighted by Crippen LogP contribution is 2.32. The van der Waals surface area contributed by atoms with Gasteiger partial charge in [-0.05, 0) is 42.5 Å². The Labute approximate surface area is 184 Å². The Hall–Kier alpha value is -4.33. The third-order valence-electron chi connectivity index (χ3n) is 5.01. The molecule has 0 fully saturated rings. The Morgan fingerprint density at radius 2 is 1.66 bits per heavy atom. The van der Waals surface area contributed by atoms with Crippen LogP contribution in [-0.4, -0.2) is 36.8 Å². The molecule has 0 aliphatic rings. The van der Waals surface area contributed by atoms with E-state index in [1.165, 1.54) is 20.4 Å². The second-order valence-corrected chi connectivity index (χ2v) is 6.83. The van der Waals surface area contributed by atoms with Crippen LogP contribution in [0.1, 0.15) is 10.4 Å². The van der Waals surface area contributed by atoms with E-state index in [4.69, 9.17) is 14.2 Å². The molecule has 8 nitrogen and oxygen atoms in total. The third-order valence-corrected chi connectivity index (χ3v) is 5.01. The van der Waals surface area contributed by atoms with E-state index < -0.39 is 11.3 Å². The highest BCUT2D eigenvalue weighted by atomic mass is 16.5. The number of fused-ring (bicyclic) bond motifs is 1. The molecular formula is C24H21N3O5. The van der Waals surface area contributed by atoms with Crippen LogP contribution in [0, 0.1) is 0 Å². The van der Waals surface area contributed by atoms with Crippen molar-refractivity contribution in [3.05, 3.63) is 82.8 Å². The third kappa shape index (κ3) is 3.85. The van der Waals surface area contributed by atoms with Gasteiger partial charge >= 0.3 is 0 Å². The Bertz CT molecular complexity index is 1330. The molecule has 0 saturated carbocycles. The largest absolute Gasteiger partial charge is 0.497 e. The van der Waals surface area contributed by atoms with Gasteiger partial charge in [0.1, 0.15) is 17.1 Å². The monoisotopic (exact) mass is 431 g/mol.